The number of aromatic nitrogens is 1. The van der Waals surface area contributed by atoms with Gasteiger partial charge in [0.25, 0.3) is 5.91 Å². The van der Waals surface area contributed by atoms with Crippen LogP contribution in [0.25, 0.3) is 0 Å². The van der Waals surface area contributed by atoms with E-state index < -0.39 is 5.91 Å². The molecule has 21 heavy (non-hydrogen) atoms. The number of phenols is 1. The predicted octanol–water partition coefficient (Wildman–Crippen LogP) is 0.798. The van der Waals surface area contributed by atoms with Crippen LogP contribution in [0, 0.1) is 5.21 Å². The number of methoxy groups -OCH3 is 1. The number of ether oxygens (including phenoxy) is 1. The van der Waals surface area contributed by atoms with Crippen molar-refractivity contribution >= 4 is 12.1 Å². The highest BCUT2D eigenvalue weighted by Crippen LogP contribution is 2.25. The zero-order valence-corrected chi connectivity index (χ0v) is 11.2. The number of hydrogen-bond donors (Lipinski definition) is 2. The average molecular weight is 287 g/mol. The number of hydrazone groups is 1. The van der Waals surface area contributed by atoms with Gasteiger partial charge < -0.3 is 15.1 Å². The van der Waals surface area contributed by atoms with Gasteiger partial charge in [-0.15, -0.1) is 0 Å². The molecule has 0 unspecified atom stereocenters. The summed E-state index contributed by atoms with van der Waals surface area (Å²) in [7, 11) is 1.45. The normalized spacial score (nSPS) is 10.5. The Labute approximate surface area is 120 Å². The molecule has 0 bridgehead atoms. The fraction of sp³-hybridized carbons (Fsp3) is 0.0714. The highest BCUT2D eigenvalue weighted by molar-refractivity contribution is 5.94. The fourth-order valence-electron chi connectivity index (χ4n) is 1.58. The molecule has 0 radical (unpaired) electrons. The maximum atomic E-state index is 11.7. The van der Waals surface area contributed by atoms with E-state index in [4.69, 9.17) is 4.74 Å². The summed E-state index contributed by atoms with van der Waals surface area (Å²) in [6.07, 6.45) is 3.83. The van der Waals surface area contributed by atoms with Crippen molar-refractivity contribution in [3.63, 3.8) is 0 Å². The third-order valence-electron chi connectivity index (χ3n) is 2.65. The molecule has 0 saturated heterocycles. The Morgan fingerprint density at radius 3 is 2.71 bits per heavy atom. The minimum atomic E-state index is -0.440. The minimum absolute atomic E-state index is 0.0177. The Hall–Kier alpha value is -3.09. The summed E-state index contributed by atoms with van der Waals surface area (Å²) in [5.41, 5.74) is 3.23. The van der Waals surface area contributed by atoms with Crippen LogP contribution in [0.3, 0.4) is 0 Å². The molecule has 0 atom stereocenters. The molecule has 0 saturated carbocycles. The van der Waals surface area contributed by atoms with Crippen LogP contribution in [0.5, 0.6) is 11.5 Å². The van der Waals surface area contributed by atoms with Gasteiger partial charge >= 0.3 is 0 Å². The van der Waals surface area contributed by atoms with Gasteiger partial charge in [-0.1, -0.05) is 0 Å². The summed E-state index contributed by atoms with van der Waals surface area (Å²) in [5.74, 6) is -0.105. The number of pyridine rings is 1. The van der Waals surface area contributed by atoms with E-state index in [1.165, 1.54) is 43.9 Å². The van der Waals surface area contributed by atoms with Crippen molar-refractivity contribution in [3.05, 3.63) is 59.1 Å². The number of phenolic OH excluding ortho intramolecular Hbond substituents is 1. The Morgan fingerprint density at radius 2 is 2.10 bits per heavy atom. The van der Waals surface area contributed by atoms with E-state index in [-0.39, 0.29) is 5.75 Å². The van der Waals surface area contributed by atoms with Gasteiger partial charge in [0.2, 0.25) is 0 Å². The first kappa shape index (κ1) is 14.3. The van der Waals surface area contributed by atoms with Gasteiger partial charge in [0.05, 0.1) is 18.9 Å². The van der Waals surface area contributed by atoms with Crippen molar-refractivity contribution in [3.8, 4) is 11.5 Å². The molecule has 0 aliphatic heterocycles. The van der Waals surface area contributed by atoms with Crippen molar-refractivity contribution in [2.45, 2.75) is 0 Å². The van der Waals surface area contributed by atoms with Gasteiger partial charge in [-0.05, 0) is 23.8 Å². The largest absolute Gasteiger partial charge is 0.619 e. The second kappa shape index (κ2) is 6.38. The molecule has 2 aromatic rings. The highest BCUT2D eigenvalue weighted by atomic mass is 16.5. The smallest absolute Gasteiger partial charge is 0.271 e. The van der Waals surface area contributed by atoms with Gasteiger partial charge in [-0.25, -0.2) is 5.43 Å². The molecule has 1 aromatic heterocycles. The van der Waals surface area contributed by atoms with Crippen molar-refractivity contribution in [1.82, 2.24) is 5.43 Å². The zero-order chi connectivity index (χ0) is 15.2. The van der Waals surface area contributed by atoms with E-state index in [2.05, 4.69) is 10.5 Å². The number of rotatable bonds is 4. The van der Waals surface area contributed by atoms with Crippen LogP contribution in [-0.4, -0.2) is 24.3 Å². The molecule has 0 fully saturated rings. The summed E-state index contributed by atoms with van der Waals surface area (Å²) in [5, 5.41) is 24.2. The van der Waals surface area contributed by atoms with E-state index in [1.54, 1.807) is 12.1 Å². The second-order valence-electron chi connectivity index (χ2n) is 4.08. The standard InChI is InChI=1S/C14H13N3O4/c1-21-13-3-2-10(8-12(13)18)9-15-16-14(19)11-4-6-17(20)7-5-11/h2-9,18H,1H3,(H,16,19)/b15-9+. The monoisotopic (exact) mass is 287 g/mol. The summed E-state index contributed by atoms with van der Waals surface area (Å²) >= 11 is 0. The summed E-state index contributed by atoms with van der Waals surface area (Å²) in [6.45, 7) is 0. The lowest BCUT2D eigenvalue weighted by Crippen LogP contribution is -2.26. The van der Waals surface area contributed by atoms with E-state index in [0.717, 1.165) is 0 Å². The number of amides is 1. The van der Waals surface area contributed by atoms with E-state index in [9.17, 15) is 15.1 Å². The molecule has 0 aliphatic rings. The first-order valence-corrected chi connectivity index (χ1v) is 5.99. The van der Waals surface area contributed by atoms with E-state index in [0.29, 0.717) is 21.6 Å². The summed E-state index contributed by atoms with van der Waals surface area (Å²) in [4.78, 5) is 11.7. The average Bonchev–Trinajstić information content (AvgIpc) is 2.48. The Kier molecular flexibility index (Phi) is 4.35. The lowest BCUT2D eigenvalue weighted by Gasteiger charge is -2.03. The lowest BCUT2D eigenvalue weighted by atomic mass is 10.2. The number of carbonyl (C=O) groups is 1. The topological polar surface area (TPSA) is 97.9 Å². The van der Waals surface area contributed by atoms with Crippen LogP contribution in [0.1, 0.15) is 15.9 Å². The second-order valence-corrected chi connectivity index (χ2v) is 4.08. The van der Waals surface area contributed by atoms with Crippen LogP contribution in [0.15, 0.2) is 47.8 Å². The Balaban J connectivity index is 2.00. The van der Waals surface area contributed by atoms with Crippen LogP contribution in [0.2, 0.25) is 0 Å². The SMILES string of the molecule is COc1ccc(/C=N/NC(=O)c2cc[n+]([O-])cc2)cc1O. The minimum Gasteiger partial charge on any atom is -0.619 e. The fourth-order valence-corrected chi connectivity index (χ4v) is 1.58. The molecule has 0 spiro atoms. The number of nitrogens with one attached hydrogen (secondary N) is 1. The number of hydrogen-bond acceptors (Lipinski definition) is 5. The highest BCUT2D eigenvalue weighted by Gasteiger charge is 2.05. The Morgan fingerprint density at radius 1 is 1.38 bits per heavy atom. The van der Waals surface area contributed by atoms with Gasteiger partial charge in [0.15, 0.2) is 23.9 Å². The summed E-state index contributed by atoms with van der Waals surface area (Å²) in [6, 6.07) is 7.49. The maximum absolute atomic E-state index is 11.7. The molecule has 7 heteroatoms. The molecule has 1 aromatic carbocycles. The number of aromatic hydroxyl groups is 1. The molecule has 2 N–H and O–H groups in total. The molecule has 2 rings (SSSR count). The van der Waals surface area contributed by atoms with Gasteiger partial charge in [0.1, 0.15) is 0 Å². The van der Waals surface area contributed by atoms with Crippen LogP contribution >= 0.6 is 0 Å². The Bertz CT molecular complexity index is 668. The molecular weight excluding hydrogens is 274 g/mol. The summed E-state index contributed by atoms with van der Waals surface area (Å²) < 4.78 is 5.50. The lowest BCUT2D eigenvalue weighted by molar-refractivity contribution is -0.605. The quantitative estimate of drug-likeness (QED) is 0.376. The van der Waals surface area contributed by atoms with Crippen molar-refractivity contribution < 1.29 is 19.4 Å². The number of nitrogens with zero attached hydrogens (tertiary/aromatic N) is 2. The first-order chi connectivity index (χ1) is 10.1. The van der Waals surface area contributed by atoms with Gasteiger partial charge in [-0.3, -0.25) is 4.79 Å². The van der Waals surface area contributed by atoms with Gasteiger partial charge in [0, 0.05) is 12.1 Å². The van der Waals surface area contributed by atoms with Crippen molar-refractivity contribution in [2.75, 3.05) is 7.11 Å². The molecule has 1 amide bonds. The first-order valence-electron chi connectivity index (χ1n) is 5.99. The maximum Gasteiger partial charge on any atom is 0.271 e. The van der Waals surface area contributed by atoms with Crippen LogP contribution in [-0.2, 0) is 0 Å². The number of carbonyl (C=O) groups excluding carboxylic acids is 1. The van der Waals surface area contributed by atoms with Crippen molar-refractivity contribution in [1.29, 1.82) is 0 Å². The van der Waals surface area contributed by atoms with Gasteiger partial charge in [-0.2, -0.15) is 9.83 Å². The predicted molar refractivity (Wildman–Crippen MR) is 75.1 cm³/mol. The molecule has 108 valence electrons. The molecule has 0 aliphatic carbocycles. The third kappa shape index (κ3) is 3.69. The van der Waals surface area contributed by atoms with Crippen LogP contribution < -0.4 is 14.9 Å². The van der Waals surface area contributed by atoms with Crippen LogP contribution in [0.4, 0.5) is 0 Å². The van der Waals surface area contributed by atoms with E-state index >= 15 is 0 Å². The van der Waals surface area contributed by atoms with Crippen molar-refractivity contribution in [2.24, 2.45) is 5.10 Å². The zero-order valence-electron chi connectivity index (χ0n) is 11.2. The number of benzene rings is 1. The molecule has 7 nitrogen and oxygen atoms in total. The molecule has 1 heterocycles. The molecular formula is C14H13N3O4. The van der Waals surface area contributed by atoms with E-state index in [1.807, 2.05) is 0 Å². The third-order valence-corrected chi connectivity index (χ3v) is 2.65.